The number of nitrogens with zero attached hydrogens (tertiary/aromatic N) is 2. The zero-order valence-electron chi connectivity index (χ0n) is 12.3. The van der Waals surface area contributed by atoms with E-state index in [2.05, 4.69) is 22.3 Å². The van der Waals surface area contributed by atoms with Crippen LogP contribution < -0.4 is 10.9 Å². The van der Waals surface area contributed by atoms with Crippen LogP contribution in [0.4, 0.5) is 0 Å². The molecule has 1 fully saturated rings. The Labute approximate surface area is 122 Å². The smallest absolute Gasteiger partial charge is 0.274 e. The molecule has 0 bridgehead atoms. The van der Waals surface area contributed by atoms with Crippen LogP contribution in [-0.4, -0.2) is 26.5 Å². The van der Waals surface area contributed by atoms with Crippen LogP contribution in [0.5, 0.6) is 0 Å². The molecule has 2 N–H and O–H groups in total. The van der Waals surface area contributed by atoms with E-state index in [0.717, 1.165) is 19.3 Å². The second-order valence-electron chi connectivity index (χ2n) is 5.97. The van der Waals surface area contributed by atoms with Crippen LogP contribution in [-0.2, 0) is 0 Å². The fourth-order valence-electron chi connectivity index (χ4n) is 3.01. The molecule has 0 radical (unpaired) electrons. The Morgan fingerprint density at radius 1 is 1.43 bits per heavy atom. The molecule has 21 heavy (non-hydrogen) atoms. The largest absolute Gasteiger partial charge is 0.348 e. The fourth-order valence-corrected chi connectivity index (χ4v) is 3.01. The molecule has 2 heterocycles. The topological polar surface area (TPSA) is 79.3 Å². The minimum Gasteiger partial charge on any atom is -0.348 e. The molecule has 0 saturated heterocycles. The van der Waals surface area contributed by atoms with Crippen molar-refractivity contribution in [2.75, 3.05) is 0 Å². The number of amides is 1. The molecular weight excluding hydrogens is 268 g/mol. The van der Waals surface area contributed by atoms with Gasteiger partial charge in [-0.3, -0.25) is 9.59 Å². The number of carbonyl (C=O) groups is 1. The predicted octanol–water partition coefficient (Wildman–Crippen LogP) is 1.64. The average molecular weight is 288 g/mol. The number of hydrogen-bond acceptors (Lipinski definition) is 3. The summed E-state index contributed by atoms with van der Waals surface area (Å²) in [6.45, 7) is 3.95. The summed E-state index contributed by atoms with van der Waals surface area (Å²) in [5, 5.41) is 7.26. The van der Waals surface area contributed by atoms with Crippen LogP contribution in [0.3, 0.4) is 0 Å². The predicted molar refractivity (Wildman–Crippen MR) is 79.4 cm³/mol. The molecule has 0 unspecified atom stereocenters. The molecule has 1 aliphatic rings. The summed E-state index contributed by atoms with van der Waals surface area (Å²) in [4.78, 5) is 26.9. The summed E-state index contributed by atoms with van der Waals surface area (Å²) in [6.07, 6.45) is 6.25. The number of aromatic nitrogens is 3. The lowest BCUT2D eigenvalue weighted by Crippen LogP contribution is -2.41. The maximum Gasteiger partial charge on any atom is 0.274 e. The second kappa shape index (κ2) is 5.35. The van der Waals surface area contributed by atoms with Gasteiger partial charge in [0.15, 0.2) is 5.69 Å². The Morgan fingerprint density at radius 3 is 2.95 bits per heavy atom. The monoisotopic (exact) mass is 288 g/mol. The summed E-state index contributed by atoms with van der Waals surface area (Å²) >= 11 is 0. The molecule has 2 aromatic heterocycles. The van der Waals surface area contributed by atoms with E-state index in [1.165, 1.54) is 10.9 Å². The normalized spacial score (nSPS) is 22.4. The van der Waals surface area contributed by atoms with Gasteiger partial charge in [-0.05, 0) is 25.7 Å². The number of carbonyl (C=O) groups excluding carboxylic acids is 1. The SMILES string of the molecule is Cc1cn2nc(C(=O)N[C@H]3CCCC[C@@H]3C)cc2c(=O)[nH]1. The molecule has 0 aromatic carbocycles. The van der Waals surface area contributed by atoms with Crippen LogP contribution >= 0.6 is 0 Å². The highest BCUT2D eigenvalue weighted by atomic mass is 16.2. The number of aromatic amines is 1. The Hall–Kier alpha value is -2.11. The van der Waals surface area contributed by atoms with Crippen molar-refractivity contribution < 1.29 is 4.79 Å². The first kappa shape index (κ1) is 13.9. The van der Waals surface area contributed by atoms with Gasteiger partial charge in [0.05, 0.1) is 0 Å². The highest BCUT2D eigenvalue weighted by Crippen LogP contribution is 2.23. The summed E-state index contributed by atoms with van der Waals surface area (Å²) in [7, 11) is 0. The lowest BCUT2D eigenvalue weighted by atomic mass is 9.86. The first-order valence-corrected chi connectivity index (χ1v) is 7.45. The number of aryl methyl sites for hydroxylation is 1. The number of nitrogens with one attached hydrogen (secondary N) is 2. The fraction of sp³-hybridized carbons (Fsp3) is 0.533. The van der Waals surface area contributed by atoms with Crippen LogP contribution in [0.2, 0.25) is 0 Å². The summed E-state index contributed by atoms with van der Waals surface area (Å²) in [5.74, 6) is 0.292. The summed E-state index contributed by atoms with van der Waals surface area (Å²) < 4.78 is 1.47. The van der Waals surface area contributed by atoms with Crippen molar-refractivity contribution in [3.8, 4) is 0 Å². The molecule has 0 aliphatic heterocycles. The highest BCUT2D eigenvalue weighted by Gasteiger charge is 2.24. The maximum absolute atomic E-state index is 12.3. The van der Waals surface area contributed by atoms with E-state index >= 15 is 0 Å². The highest BCUT2D eigenvalue weighted by molar-refractivity contribution is 5.93. The Morgan fingerprint density at radius 2 is 2.19 bits per heavy atom. The first-order chi connectivity index (χ1) is 10.0. The molecular formula is C15H20N4O2. The number of rotatable bonds is 2. The minimum absolute atomic E-state index is 0.200. The molecule has 1 aliphatic carbocycles. The lowest BCUT2D eigenvalue weighted by molar-refractivity contribution is 0.0905. The zero-order valence-corrected chi connectivity index (χ0v) is 12.3. The first-order valence-electron chi connectivity index (χ1n) is 7.45. The minimum atomic E-state index is -0.229. The third kappa shape index (κ3) is 2.70. The van der Waals surface area contributed by atoms with E-state index in [0.29, 0.717) is 22.8 Å². The van der Waals surface area contributed by atoms with Gasteiger partial charge in [-0.15, -0.1) is 0 Å². The van der Waals surface area contributed by atoms with Gasteiger partial charge in [-0.25, -0.2) is 4.52 Å². The summed E-state index contributed by atoms with van der Waals surface area (Å²) in [5.41, 5.74) is 1.17. The Bertz CT molecular complexity index is 731. The van der Waals surface area contributed by atoms with Crippen molar-refractivity contribution in [3.63, 3.8) is 0 Å². The van der Waals surface area contributed by atoms with Gasteiger partial charge in [0, 0.05) is 24.0 Å². The summed E-state index contributed by atoms with van der Waals surface area (Å²) in [6, 6.07) is 1.75. The van der Waals surface area contributed by atoms with Crippen LogP contribution in [0.25, 0.3) is 5.52 Å². The van der Waals surface area contributed by atoms with E-state index in [1.54, 1.807) is 19.2 Å². The van der Waals surface area contributed by atoms with Crippen LogP contribution in [0.15, 0.2) is 17.1 Å². The van der Waals surface area contributed by atoms with Gasteiger partial charge in [0.1, 0.15) is 5.52 Å². The van der Waals surface area contributed by atoms with Crippen molar-refractivity contribution in [2.45, 2.75) is 45.6 Å². The van der Waals surface area contributed by atoms with Crippen LogP contribution in [0, 0.1) is 12.8 Å². The lowest BCUT2D eigenvalue weighted by Gasteiger charge is -2.29. The van der Waals surface area contributed by atoms with Gasteiger partial charge in [-0.2, -0.15) is 5.10 Å². The third-order valence-electron chi connectivity index (χ3n) is 4.26. The maximum atomic E-state index is 12.3. The van der Waals surface area contributed by atoms with Crippen molar-refractivity contribution in [1.82, 2.24) is 19.9 Å². The zero-order chi connectivity index (χ0) is 15.0. The van der Waals surface area contributed by atoms with Crippen molar-refractivity contribution >= 4 is 11.4 Å². The van der Waals surface area contributed by atoms with E-state index in [1.807, 2.05) is 0 Å². The van der Waals surface area contributed by atoms with E-state index in [-0.39, 0.29) is 17.5 Å². The van der Waals surface area contributed by atoms with Crippen LogP contribution in [0.1, 0.15) is 48.8 Å². The standard InChI is InChI=1S/C15H20N4O2/c1-9-5-3-4-6-11(9)17-14(20)12-7-13-15(21)16-10(2)8-19(13)18-12/h7-9,11H,3-6H2,1-2H3,(H,16,21)(H,17,20)/t9-,11-/m0/s1. The number of H-pyrrole nitrogens is 1. The number of fused-ring (bicyclic) bond motifs is 1. The molecule has 1 saturated carbocycles. The quantitative estimate of drug-likeness (QED) is 0.881. The van der Waals surface area contributed by atoms with Crippen molar-refractivity contribution in [2.24, 2.45) is 5.92 Å². The van der Waals surface area contributed by atoms with Gasteiger partial charge < -0.3 is 10.3 Å². The van der Waals surface area contributed by atoms with Crippen molar-refractivity contribution in [3.05, 3.63) is 34.0 Å². The van der Waals surface area contributed by atoms with Crippen molar-refractivity contribution in [1.29, 1.82) is 0 Å². The third-order valence-corrected chi connectivity index (χ3v) is 4.26. The van der Waals surface area contributed by atoms with Gasteiger partial charge in [-0.1, -0.05) is 19.8 Å². The van der Waals surface area contributed by atoms with E-state index in [4.69, 9.17) is 0 Å². The van der Waals surface area contributed by atoms with Gasteiger partial charge in [0.25, 0.3) is 11.5 Å². The molecule has 112 valence electrons. The molecule has 1 amide bonds. The molecule has 2 atom stereocenters. The Kier molecular flexibility index (Phi) is 3.53. The molecule has 3 rings (SSSR count). The average Bonchev–Trinajstić information content (AvgIpc) is 2.85. The van der Waals surface area contributed by atoms with Gasteiger partial charge >= 0.3 is 0 Å². The number of hydrogen-bond donors (Lipinski definition) is 2. The van der Waals surface area contributed by atoms with Gasteiger partial charge in [0.2, 0.25) is 0 Å². The van der Waals surface area contributed by atoms with E-state index < -0.39 is 0 Å². The molecule has 2 aromatic rings. The molecule has 6 nitrogen and oxygen atoms in total. The second-order valence-corrected chi connectivity index (χ2v) is 5.97. The Balaban J connectivity index is 1.84. The molecule has 0 spiro atoms. The van der Waals surface area contributed by atoms with E-state index in [9.17, 15) is 9.59 Å². The molecule has 6 heteroatoms.